The van der Waals surface area contributed by atoms with Gasteiger partial charge < -0.3 is 26.8 Å². The highest BCUT2D eigenvalue weighted by atomic mass is 35.5. The van der Waals surface area contributed by atoms with E-state index >= 15 is 0 Å². The van der Waals surface area contributed by atoms with Gasteiger partial charge in [-0.15, -0.1) is 0 Å². The van der Waals surface area contributed by atoms with E-state index in [1.54, 1.807) is 6.20 Å². The molecule has 192 valence electrons. The molecule has 2 fully saturated rings. The predicted molar refractivity (Wildman–Crippen MR) is 128 cm³/mol. The molecule has 2 saturated heterocycles. The van der Waals surface area contributed by atoms with Gasteiger partial charge in [0.05, 0.1) is 16.6 Å². The number of nitrogens with one attached hydrogen (secondary N) is 2. The molecule has 0 aliphatic carbocycles. The second kappa shape index (κ2) is 9.37. The molecular formula is C22H23ClF3N7O3. The summed E-state index contributed by atoms with van der Waals surface area (Å²) in [5.41, 5.74) is 15.2. The van der Waals surface area contributed by atoms with Crippen LogP contribution in [-0.2, 0) is 9.59 Å². The Labute approximate surface area is 207 Å². The lowest BCUT2D eigenvalue weighted by Gasteiger charge is -2.39. The molecule has 0 unspecified atom stereocenters. The first-order valence-corrected chi connectivity index (χ1v) is 11.3. The maximum Gasteiger partial charge on any atom is 0.490 e. The lowest BCUT2D eigenvalue weighted by atomic mass is 9.77. The van der Waals surface area contributed by atoms with Crippen LogP contribution in [0.15, 0.2) is 24.4 Å². The van der Waals surface area contributed by atoms with Gasteiger partial charge in [0.15, 0.2) is 5.82 Å². The highest BCUT2D eigenvalue weighted by molar-refractivity contribution is 6.36. The Balaban J connectivity index is 0.000000384. The maximum absolute atomic E-state index is 12.3. The average Bonchev–Trinajstić information content (AvgIpc) is 3.38. The van der Waals surface area contributed by atoms with Gasteiger partial charge >= 0.3 is 12.1 Å². The zero-order chi connectivity index (χ0) is 26.3. The fourth-order valence-corrected chi connectivity index (χ4v) is 4.84. The number of hydrogen-bond acceptors (Lipinski definition) is 7. The number of carbonyl (C=O) groups excluding carboxylic acids is 1. The number of aromatic amines is 1. The third-order valence-corrected chi connectivity index (χ3v) is 6.95. The van der Waals surface area contributed by atoms with E-state index in [0.717, 1.165) is 66.6 Å². The standard InChI is InChI=1S/C20H22ClN7O.C2HF3O2/c21-15-16(28-7-4-20(5-8-28)3-6-24-19(20)29)13(10-25-18(15)23)11-1-2-12-14(9-11)26-27-17(12)22;3-2(4,5)1(6)7/h1-2,9-10H,3-8H2,(H2,23,25)(H,24,29)(H3,22,26,27);(H,6,7). The summed E-state index contributed by atoms with van der Waals surface area (Å²) in [4.78, 5) is 27.7. The molecule has 0 radical (unpaired) electrons. The van der Waals surface area contributed by atoms with Crippen LogP contribution in [0.25, 0.3) is 22.0 Å². The minimum absolute atomic E-state index is 0.181. The van der Waals surface area contributed by atoms with Crippen molar-refractivity contribution in [3.63, 3.8) is 0 Å². The normalized spacial score (nSPS) is 17.1. The molecule has 14 heteroatoms. The lowest BCUT2D eigenvalue weighted by Crippen LogP contribution is -2.44. The minimum atomic E-state index is -5.08. The maximum atomic E-state index is 12.3. The molecule has 2 aliphatic rings. The van der Waals surface area contributed by atoms with E-state index in [1.165, 1.54) is 0 Å². The molecule has 7 N–H and O–H groups in total. The van der Waals surface area contributed by atoms with Crippen LogP contribution in [0.4, 0.5) is 30.5 Å². The van der Waals surface area contributed by atoms with Crippen LogP contribution >= 0.6 is 11.6 Å². The summed E-state index contributed by atoms with van der Waals surface area (Å²) >= 11 is 6.64. The molecular weight excluding hydrogens is 503 g/mol. The molecule has 2 aliphatic heterocycles. The first-order chi connectivity index (χ1) is 16.9. The molecule has 1 amide bonds. The van der Waals surface area contributed by atoms with Crippen LogP contribution in [0.5, 0.6) is 0 Å². The van der Waals surface area contributed by atoms with Crippen molar-refractivity contribution < 1.29 is 27.9 Å². The van der Waals surface area contributed by atoms with Crippen molar-refractivity contribution >= 4 is 51.7 Å². The van der Waals surface area contributed by atoms with E-state index in [0.29, 0.717) is 16.7 Å². The number of carboxylic acid groups (broad SMARTS) is 1. The van der Waals surface area contributed by atoms with Gasteiger partial charge in [0, 0.05) is 36.8 Å². The number of carbonyl (C=O) groups is 2. The van der Waals surface area contributed by atoms with Crippen LogP contribution in [-0.4, -0.2) is 58.0 Å². The number of halogens is 4. The first-order valence-electron chi connectivity index (χ1n) is 10.9. The highest BCUT2D eigenvalue weighted by Gasteiger charge is 2.44. The number of amides is 1. The highest BCUT2D eigenvalue weighted by Crippen LogP contribution is 2.45. The first kappa shape index (κ1) is 25.4. The van der Waals surface area contributed by atoms with Crippen molar-refractivity contribution in [2.24, 2.45) is 5.41 Å². The van der Waals surface area contributed by atoms with Gasteiger partial charge in [0.1, 0.15) is 10.8 Å². The largest absolute Gasteiger partial charge is 0.490 e. The van der Waals surface area contributed by atoms with Crippen molar-refractivity contribution in [2.75, 3.05) is 36.0 Å². The van der Waals surface area contributed by atoms with E-state index in [1.807, 2.05) is 18.2 Å². The second-order valence-corrected chi connectivity index (χ2v) is 9.04. The van der Waals surface area contributed by atoms with Gasteiger partial charge in [-0.2, -0.15) is 18.3 Å². The Bertz CT molecular complexity index is 1320. The fraction of sp³-hybridized carbons (Fsp3) is 0.364. The number of hydrogen-bond donors (Lipinski definition) is 5. The van der Waals surface area contributed by atoms with Gasteiger partial charge in [-0.25, -0.2) is 9.78 Å². The van der Waals surface area contributed by atoms with Gasteiger partial charge in [0.25, 0.3) is 0 Å². The molecule has 10 nitrogen and oxygen atoms in total. The van der Waals surface area contributed by atoms with Crippen LogP contribution in [0.3, 0.4) is 0 Å². The molecule has 0 bridgehead atoms. The summed E-state index contributed by atoms with van der Waals surface area (Å²) in [6.45, 7) is 2.24. The number of benzene rings is 1. The van der Waals surface area contributed by atoms with Gasteiger partial charge in [-0.05, 0) is 37.0 Å². The van der Waals surface area contributed by atoms with Crippen LogP contribution in [0.1, 0.15) is 19.3 Å². The van der Waals surface area contributed by atoms with E-state index in [-0.39, 0.29) is 11.3 Å². The number of fused-ring (bicyclic) bond motifs is 1. The number of nitrogens with two attached hydrogens (primary N) is 2. The quantitative estimate of drug-likeness (QED) is 0.340. The van der Waals surface area contributed by atoms with Gasteiger partial charge in [-0.1, -0.05) is 17.7 Å². The molecule has 3 aromatic rings. The number of aliphatic carboxylic acids is 1. The Morgan fingerprint density at radius 2 is 1.83 bits per heavy atom. The van der Waals surface area contributed by atoms with Crippen LogP contribution < -0.4 is 21.7 Å². The molecule has 1 spiro atoms. The molecule has 2 aromatic heterocycles. The minimum Gasteiger partial charge on any atom is -0.475 e. The van der Waals surface area contributed by atoms with Gasteiger partial charge in [-0.3, -0.25) is 9.89 Å². The zero-order valence-electron chi connectivity index (χ0n) is 18.8. The van der Waals surface area contributed by atoms with E-state index in [2.05, 4.69) is 25.4 Å². The topological polar surface area (TPSA) is 163 Å². The van der Waals surface area contributed by atoms with E-state index in [9.17, 15) is 18.0 Å². The predicted octanol–water partition coefficient (Wildman–Crippen LogP) is 3.18. The monoisotopic (exact) mass is 525 g/mol. The second-order valence-electron chi connectivity index (χ2n) is 8.67. The number of rotatable bonds is 2. The summed E-state index contributed by atoms with van der Waals surface area (Å²) in [5, 5.41) is 18.4. The van der Waals surface area contributed by atoms with Crippen molar-refractivity contribution in [1.29, 1.82) is 0 Å². The Hall–Kier alpha value is -3.74. The summed E-state index contributed by atoms with van der Waals surface area (Å²) in [6, 6.07) is 5.91. The van der Waals surface area contributed by atoms with Crippen LogP contribution in [0, 0.1) is 5.41 Å². The summed E-state index contributed by atoms with van der Waals surface area (Å²) in [7, 11) is 0. The number of H-pyrrole nitrogens is 1. The number of anilines is 3. The number of nitrogen functional groups attached to an aromatic ring is 2. The summed E-state index contributed by atoms with van der Waals surface area (Å²) in [6.07, 6.45) is -0.833. The lowest BCUT2D eigenvalue weighted by molar-refractivity contribution is -0.192. The summed E-state index contributed by atoms with van der Waals surface area (Å²) in [5.74, 6) is -1.81. The van der Waals surface area contributed by atoms with Crippen molar-refractivity contribution in [2.45, 2.75) is 25.4 Å². The van der Waals surface area contributed by atoms with Crippen LogP contribution in [0.2, 0.25) is 5.02 Å². The smallest absolute Gasteiger partial charge is 0.475 e. The Morgan fingerprint density at radius 1 is 1.17 bits per heavy atom. The molecule has 0 saturated carbocycles. The SMILES string of the molecule is Nc1ncc(-c2ccc3c(N)n[nH]c3c2)c(N2CCC3(CCNC3=O)CC2)c1Cl.O=C(O)C(F)(F)F. The Kier molecular flexibility index (Phi) is 6.60. The van der Waals surface area contributed by atoms with Crippen molar-refractivity contribution in [3.8, 4) is 11.1 Å². The molecule has 1 aromatic carbocycles. The third kappa shape index (κ3) is 4.70. The molecule has 5 rings (SSSR count). The fourth-order valence-electron chi connectivity index (χ4n) is 4.57. The number of alkyl halides is 3. The molecule has 0 atom stereocenters. The number of pyridine rings is 1. The summed E-state index contributed by atoms with van der Waals surface area (Å²) < 4.78 is 31.7. The number of nitrogens with zero attached hydrogens (tertiary/aromatic N) is 3. The zero-order valence-corrected chi connectivity index (χ0v) is 19.6. The van der Waals surface area contributed by atoms with E-state index in [4.69, 9.17) is 33.0 Å². The Morgan fingerprint density at radius 3 is 2.42 bits per heavy atom. The third-order valence-electron chi connectivity index (χ3n) is 6.57. The number of carboxylic acids is 1. The van der Waals surface area contributed by atoms with E-state index < -0.39 is 12.1 Å². The molecule has 36 heavy (non-hydrogen) atoms. The number of piperidine rings is 1. The molecule has 4 heterocycles. The van der Waals surface area contributed by atoms with Crippen molar-refractivity contribution in [3.05, 3.63) is 29.4 Å². The number of aromatic nitrogens is 3. The van der Waals surface area contributed by atoms with Crippen molar-refractivity contribution in [1.82, 2.24) is 20.5 Å². The van der Waals surface area contributed by atoms with Gasteiger partial charge in [0.2, 0.25) is 5.91 Å². The average molecular weight is 526 g/mol.